The van der Waals surface area contributed by atoms with Crippen LogP contribution in [0.1, 0.15) is 33.1 Å². The van der Waals surface area contributed by atoms with E-state index in [0.29, 0.717) is 22.9 Å². The van der Waals surface area contributed by atoms with Crippen molar-refractivity contribution in [3.05, 3.63) is 34.1 Å². The van der Waals surface area contributed by atoms with Gasteiger partial charge >= 0.3 is 0 Å². The van der Waals surface area contributed by atoms with Gasteiger partial charge in [0.05, 0.1) is 13.2 Å². The molecule has 0 aliphatic heterocycles. The lowest BCUT2D eigenvalue weighted by atomic mass is 10.2. The molecule has 1 N–H and O–H groups in total. The van der Waals surface area contributed by atoms with E-state index in [1.54, 1.807) is 4.68 Å². The minimum absolute atomic E-state index is 0.195. The van der Waals surface area contributed by atoms with E-state index in [1.807, 2.05) is 35.8 Å². The summed E-state index contributed by atoms with van der Waals surface area (Å²) in [6.45, 7) is 5.56. The Morgan fingerprint density at radius 1 is 1.28 bits per heavy atom. The number of unbranched alkanes of at least 4 members (excludes halogenated alkanes) is 1. The van der Waals surface area contributed by atoms with Gasteiger partial charge in [0.15, 0.2) is 10.6 Å². The first-order chi connectivity index (χ1) is 12.1. The predicted molar refractivity (Wildman–Crippen MR) is 101 cm³/mol. The van der Waals surface area contributed by atoms with Crippen LogP contribution >= 0.6 is 23.8 Å². The van der Waals surface area contributed by atoms with Gasteiger partial charge in [0, 0.05) is 23.6 Å². The number of aromatic nitrogens is 3. The third kappa shape index (κ3) is 5.39. The number of nitrogens with one attached hydrogen (secondary N) is 1. The number of benzene rings is 1. The molecule has 1 aromatic carbocycles. The van der Waals surface area contributed by atoms with Gasteiger partial charge in [-0.25, -0.2) is 10.2 Å². The average molecular weight is 383 g/mol. The van der Waals surface area contributed by atoms with E-state index in [-0.39, 0.29) is 12.3 Å². The van der Waals surface area contributed by atoms with E-state index in [1.165, 1.54) is 0 Å². The van der Waals surface area contributed by atoms with Gasteiger partial charge in [-0.05, 0) is 49.8 Å². The van der Waals surface area contributed by atoms with Crippen LogP contribution in [0.25, 0.3) is 11.4 Å². The van der Waals surface area contributed by atoms with Crippen LogP contribution in [0, 0.1) is 4.77 Å². The third-order valence-corrected chi connectivity index (χ3v) is 4.32. The highest BCUT2D eigenvalue weighted by molar-refractivity contribution is 7.71. The number of carbonyl (C=O) groups is 1. The number of rotatable bonds is 9. The molecule has 6 nitrogen and oxygen atoms in total. The molecule has 2 rings (SSSR count). The summed E-state index contributed by atoms with van der Waals surface area (Å²) >= 11 is 11.5. The van der Waals surface area contributed by atoms with E-state index in [2.05, 4.69) is 17.5 Å². The molecule has 1 amide bonds. The van der Waals surface area contributed by atoms with Gasteiger partial charge in [-0.3, -0.25) is 14.2 Å². The van der Waals surface area contributed by atoms with Gasteiger partial charge in [0.2, 0.25) is 5.91 Å². The Hall–Kier alpha value is -1.70. The smallest absolute Gasteiger partial charge is 0.245 e. The molecule has 0 unspecified atom stereocenters. The second-order valence-corrected chi connectivity index (χ2v) is 6.35. The predicted octanol–water partition coefficient (Wildman–Crippen LogP) is 3.99. The van der Waals surface area contributed by atoms with Crippen LogP contribution in [-0.2, 0) is 22.7 Å². The Labute approximate surface area is 157 Å². The van der Waals surface area contributed by atoms with Gasteiger partial charge in [-0.1, -0.05) is 24.9 Å². The van der Waals surface area contributed by atoms with Crippen molar-refractivity contribution in [3.8, 4) is 11.4 Å². The Morgan fingerprint density at radius 3 is 2.64 bits per heavy atom. The Kier molecular flexibility index (Phi) is 7.61. The first kappa shape index (κ1) is 19.6. The van der Waals surface area contributed by atoms with Crippen LogP contribution in [-0.4, -0.2) is 26.9 Å². The van der Waals surface area contributed by atoms with Gasteiger partial charge in [-0.2, -0.15) is 5.10 Å². The minimum atomic E-state index is -0.195. The molecular formula is C17H23ClN4O2S. The molecule has 0 aliphatic carbocycles. The largest absolute Gasteiger partial charge is 0.300 e. The summed E-state index contributed by atoms with van der Waals surface area (Å²) in [6.07, 6.45) is 2.31. The topological polar surface area (TPSA) is 61.1 Å². The molecule has 25 heavy (non-hydrogen) atoms. The van der Waals surface area contributed by atoms with Crippen LogP contribution in [0.15, 0.2) is 24.3 Å². The molecule has 8 heteroatoms. The van der Waals surface area contributed by atoms with E-state index < -0.39 is 0 Å². The zero-order valence-corrected chi connectivity index (χ0v) is 16.1. The van der Waals surface area contributed by atoms with Crippen LogP contribution in [0.2, 0.25) is 5.02 Å². The number of hydrogen-bond donors (Lipinski definition) is 1. The highest BCUT2D eigenvalue weighted by atomic mass is 35.5. The number of halogens is 1. The fourth-order valence-electron chi connectivity index (χ4n) is 2.33. The molecule has 0 fully saturated rings. The molecular weight excluding hydrogens is 360 g/mol. The normalized spacial score (nSPS) is 10.8. The Morgan fingerprint density at radius 2 is 2.00 bits per heavy atom. The van der Waals surface area contributed by atoms with Gasteiger partial charge in [0.25, 0.3) is 0 Å². The summed E-state index contributed by atoms with van der Waals surface area (Å²) in [5.74, 6) is 0.597. The highest BCUT2D eigenvalue weighted by Crippen LogP contribution is 2.21. The van der Waals surface area contributed by atoms with Crippen LogP contribution in [0.4, 0.5) is 0 Å². The van der Waals surface area contributed by atoms with E-state index >= 15 is 0 Å². The lowest BCUT2D eigenvalue weighted by molar-refractivity contribution is -0.133. The lowest BCUT2D eigenvalue weighted by Gasteiger charge is -2.05. The first-order valence-electron chi connectivity index (χ1n) is 8.41. The van der Waals surface area contributed by atoms with Crippen molar-refractivity contribution < 1.29 is 9.63 Å². The van der Waals surface area contributed by atoms with Gasteiger partial charge in [0.1, 0.15) is 0 Å². The van der Waals surface area contributed by atoms with Crippen molar-refractivity contribution in [2.75, 3.05) is 6.61 Å². The van der Waals surface area contributed by atoms with Gasteiger partial charge in [-0.15, -0.1) is 0 Å². The standard InChI is InChI=1S/C17H23ClN4O2S/c1-3-5-11-21-16(13-6-8-14(18)9-7-13)19-22(17(21)25)12-10-15(23)20-24-4-2/h6-9H,3-5,10-12H2,1-2H3,(H,20,23). The van der Waals surface area contributed by atoms with Crippen molar-refractivity contribution in [3.63, 3.8) is 0 Å². The summed E-state index contributed by atoms with van der Waals surface area (Å²) < 4.78 is 4.32. The highest BCUT2D eigenvalue weighted by Gasteiger charge is 2.13. The molecule has 0 spiro atoms. The van der Waals surface area contributed by atoms with E-state index in [9.17, 15) is 4.79 Å². The van der Waals surface area contributed by atoms with Crippen molar-refractivity contribution in [2.45, 2.75) is 46.2 Å². The molecule has 0 saturated carbocycles. The maximum Gasteiger partial charge on any atom is 0.245 e. The maximum atomic E-state index is 11.7. The third-order valence-electron chi connectivity index (χ3n) is 3.64. The molecule has 0 aliphatic rings. The molecule has 1 heterocycles. The zero-order chi connectivity index (χ0) is 18.2. The maximum absolute atomic E-state index is 11.7. The number of amides is 1. The summed E-state index contributed by atoms with van der Waals surface area (Å²) in [7, 11) is 0. The van der Waals surface area contributed by atoms with Gasteiger partial charge < -0.3 is 0 Å². The number of hydrogen-bond acceptors (Lipinski definition) is 4. The van der Waals surface area contributed by atoms with Crippen LogP contribution in [0.3, 0.4) is 0 Å². The van der Waals surface area contributed by atoms with E-state index in [0.717, 1.165) is 30.8 Å². The average Bonchev–Trinajstić information content (AvgIpc) is 2.93. The van der Waals surface area contributed by atoms with Crippen LogP contribution < -0.4 is 5.48 Å². The van der Waals surface area contributed by atoms with Crippen LogP contribution in [0.5, 0.6) is 0 Å². The van der Waals surface area contributed by atoms with E-state index in [4.69, 9.17) is 28.7 Å². The van der Waals surface area contributed by atoms with Crippen molar-refractivity contribution in [1.82, 2.24) is 19.8 Å². The van der Waals surface area contributed by atoms with Crippen molar-refractivity contribution >= 4 is 29.7 Å². The fourth-order valence-corrected chi connectivity index (χ4v) is 2.76. The number of hydroxylamine groups is 1. The zero-order valence-electron chi connectivity index (χ0n) is 14.5. The second kappa shape index (κ2) is 9.70. The van der Waals surface area contributed by atoms with Crippen molar-refractivity contribution in [1.29, 1.82) is 0 Å². The summed E-state index contributed by atoms with van der Waals surface area (Å²) in [4.78, 5) is 16.6. The minimum Gasteiger partial charge on any atom is -0.300 e. The monoisotopic (exact) mass is 382 g/mol. The fraction of sp³-hybridized carbons (Fsp3) is 0.471. The molecule has 0 radical (unpaired) electrons. The number of nitrogens with zero attached hydrogens (tertiary/aromatic N) is 3. The molecule has 1 aromatic heterocycles. The first-order valence-corrected chi connectivity index (χ1v) is 9.19. The Balaban J connectivity index is 2.24. The molecule has 136 valence electrons. The molecule has 0 atom stereocenters. The SMILES string of the molecule is CCCCn1c(-c2ccc(Cl)cc2)nn(CCC(=O)NOCC)c1=S. The summed E-state index contributed by atoms with van der Waals surface area (Å²) in [5, 5.41) is 5.30. The molecule has 0 saturated heterocycles. The van der Waals surface area contributed by atoms with Crippen molar-refractivity contribution in [2.24, 2.45) is 0 Å². The molecule has 2 aromatic rings. The lowest BCUT2D eigenvalue weighted by Crippen LogP contribution is -2.24. The quantitative estimate of drug-likeness (QED) is 0.526. The number of aryl methyl sites for hydroxylation is 1. The molecule has 0 bridgehead atoms. The Bertz CT molecular complexity index is 755. The summed E-state index contributed by atoms with van der Waals surface area (Å²) in [5.41, 5.74) is 3.33. The summed E-state index contributed by atoms with van der Waals surface area (Å²) in [6, 6.07) is 7.51. The second-order valence-electron chi connectivity index (χ2n) is 5.55. The number of carbonyl (C=O) groups excluding carboxylic acids is 1.